The number of carbonyl (C=O) groups is 1. The molecule has 0 saturated carbocycles. The van der Waals surface area contributed by atoms with E-state index >= 15 is 0 Å². The lowest BCUT2D eigenvalue weighted by Crippen LogP contribution is -2.39. The van der Waals surface area contributed by atoms with E-state index in [0.29, 0.717) is 42.6 Å². The summed E-state index contributed by atoms with van der Waals surface area (Å²) in [6, 6.07) is 9.85. The lowest BCUT2D eigenvalue weighted by Gasteiger charge is -2.31. The Bertz CT molecular complexity index is 987. The van der Waals surface area contributed by atoms with Gasteiger partial charge in [-0.1, -0.05) is 12.1 Å². The SMILES string of the molecule is COc1ccc(C(=O)N2CCC[C@H](c3ncc(Cc4cccc(F)c4)o3)C2)cn1. The summed E-state index contributed by atoms with van der Waals surface area (Å²) in [5, 5.41) is 0. The predicted octanol–water partition coefficient (Wildman–Crippen LogP) is 3.83. The summed E-state index contributed by atoms with van der Waals surface area (Å²) in [7, 11) is 1.54. The molecule has 1 aliphatic rings. The topological polar surface area (TPSA) is 68.5 Å². The molecule has 150 valence electrons. The molecule has 0 unspecified atom stereocenters. The summed E-state index contributed by atoms with van der Waals surface area (Å²) in [6.07, 6.45) is 5.49. The van der Waals surface area contributed by atoms with Gasteiger partial charge in [0.15, 0.2) is 5.89 Å². The molecular weight excluding hydrogens is 373 g/mol. The first-order chi connectivity index (χ1) is 14.1. The van der Waals surface area contributed by atoms with Gasteiger partial charge in [-0.2, -0.15) is 0 Å². The Morgan fingerprint density at radius 2 is 2.17 bits per heavy atom. The highest BCUT2D eigenvalue weighted by Gasteiger charge is 2.28. The zero-order valence-electron chi connectivity index (χ0n) is 16.2. The first kappa shape index (κ1) is 19.1. The van der Waals surface area contributed by atoms with Crippen molar-refractivity contribution in [1.82, 2.24) is 14.9 Å². The molecule has 7 heteroatoms. The van der Waals surface area contributed by atoms with Crippen LogP contribution in [0.5, 0.6) is 5.88 Å². The number of aromatic nitrogens is 2. The molecule has 4 rings (SSSR count). The van der Waals surface area contributed by atoms with Gasteiger partial charge >= 0.3 is 0 Å². The van der Waals surface area contributed by atoms with E-state index < -0.39 is 0 Å². The normalized spacial score (nSPS) is 16.6. The summed E-state index contributed by atoms with van der Waals surface area (Å²) < 4.78 is 24.3. The highest BCUT2D eigenvalue weighted by molar-refractivity contribution is 5.94. The number of amides is 1. The van der Waals surface area contributed by atoms with Gasteiger partial charge in [-0.3, -0.25) is 4.79 Å². The van der Waals surface area contributed by atoms with E-state index in [2.05, 4.69) is 9.97 Å². The molecule has 1 amide bonds. The second-order valence-corrected chi connectivity index (χ2v) is 7.15. The van der Waals surface area contributed by atoms with Gasteiger partial charge in [0.2, 0.25) is 5.88 Å². The van der Waals surface area contributed by atoms with Crippen molar-refractivity contribution in [3.63, 3.8) is 0 Å². The lowest BCUT2D eigenvalue weighted by molar-refractivity contribution is 0.0697. The van der Waals surface area contributed by atoms with Crippen LogP contribution in [0.1, 0.15) is 46.3 Å². The number of benzene rings is 1. The Hall–Kier alpha value is -3.22. The summed E-state index contributed by atoms with van der Waals surface area (Å²) in [5.41, 5.74) is 1.37. The molecule has 1 atom stereocenters. The minimum Gasteiger partial charge on any atom is -0.481 e. The smallest absolute Gasteiger partial charge is 0.255 e. The summed E-state index contributed by atoms with van der Waals surface area (Å²) in [4.78, 5) is 23.2. The Balaban J connectivity index is 1.43. The molecule has 0 radical (unpaired) electrons. The summed E-state index contributed by atoms with van der Waals surface area (Å²) >= 11 is 0. The van der Waals surface area contributed by atoms with Crippen LogP contribution in [-0.2, 0) is 6.42 Å². The maximum atomic E-state index is 13.4. The fourth-order valence-electron chi connectivity index (χ4n) is 3.61. The van der Waals surface area contributed by atoms with E-state index in [1.807, 2.05) is 11.0 Å². The van der Waals surface area contributed by atoms with Gasteiger partial charge in [0.1, 0.15) is 11.6 Å². The molecule has 3 heterocycles. The number of methoxy groups -OCH3 is 1. The van der Waals surface area contributed by atoms with E-state index in [1.165, 1.54) is 25.4 Å². The standard InChI is InChI=1S/C22H22FN3O3/c1-28-20-8-7-16(12-24-20)22(27)26-9-3-5-17(14-26)21-25-13-19(29-21)11-15-4-2-6-18(23)10-15/h2,4,6-8,10,12-13,17H,3,5,9,11,14H2,1H3/t17-/m0/s1. The van der Waals surface area contributed by atoms with E-state index in [-0.39, 0.29) is 17.6 Å². The third kappa shape index (κ3) is 4.45. The first-order valence-corrected chi connectivity index (χ1v) is 9.61. The number of hydrogen-bond acceptors (Lipinski definition) is 5. The van der Waals surface area contributed by atoms with Crippen LogP contribution in [0.2, 0.25) is 0 Å². The Morgan fingerprint density at radius 3 is 2.93 bits per heavy atom. The second kappa shape index (κ2) is 8.43. The number of halogens is 1. The molecule has 29 heavy (non-hydrogen) atoms. The molecule has 1 saturated heterocycles. The molecule has 1 fully saturated rings. The van der Waals surface area contributed by atoms with Gasteiger partial charge < -0.3 is 14.1 Å². The molecular formula is C22H22FN3O3. The fraction of sp³-hybridized carbons (Fsp3) is 0.318. The molecule has 3 aromatic rings. The maximum Gasteiger partial charge on any atom is 0.255 e. The van der Waals surface area contributed by atoms with Crippen LogP contribution < -0.4 is 4.74 Å². The molecule has 0 bridgehead atoms. The number of nitrogens with zero attached hydrogens (tertiary/aromatic N) is 3. The highest BCUT2D eigenvalue weighted by Crippen LogP contribution is 2.28. The third-order valence-electron chi connectivity index (χ3n) is 5.09. The molecule has 6 nitrogen and oxygen atoms in total. The zero-order valence-corrected chi connectivity index (χ0v) is 16.2. The van der Waals surface area contributed by atoms with Crippen LogP contribution in [0, 0.1) is 5.82 Å². The summed E-state index contributed by atoms with van der Waals surface area (Å²) in [5.74, 6) is 1.51. The monoisotopic (exact) mass is 395 g/mol. The van der Waals surface area contributed by atoms with Gasteiger partial charge in [-0.25, -0.2) is 14.4 Å². The summed E-state index contributed by atoms with van der Waals surface area (Å²) in [6.45, 7) is 1.24. The van der Waals surface area contributed by atoms with Crippen molar-refractivity contribution in [2.24, 2.45) is 0 Å². The van der Waals surface area contributed by atoms with Gasteiger partial charge in [0.05, 0.1) is 24.8 Å². The number of hydrogen-bond donors (Lipinski definition) is 0. The van der Waals surface area contributed by atoms with Crippen LogP contribution in [0.25, 0.3) is 0 Å². The van der Waals surface area contributed by atoms with Crippen molar-refractivity contribution < 1.29 is 18.3 Å². The Kier molecular flexibility index (Phi) is 5.55. The number of carbonyl (C=O) groups excluding carboxylic acids is 1. The van der Waals surface area contributed by atoms with E-state index in [9.17, 15) is 9.18 Å². The van der Waals surface area contributed by atoms with Crippen LogP contribution in [0.4, 0.5) is 4.39 Å². The minimum atomic E-state index is -0.267. The van der Waals surface area contributed by atoms with Gasteiger partial charge in [0, 0.05) is 31.8 Å². The predicted molar refractivity (Wildman–Crippen MR) is 104 cm³/mol. The largest absolute Gasteiger partial charge is 0.481 e. The van der Waals surface area contributed by atoms with Crippen molar-refractivity contribution in [3.8, 4) is 5.88 Å². The molecule has 1 aliphatic heterocycles. The lowest BCUT2D eigenvalue weighted by atomic mass is 9.97. The number of pyridine rings is 1. The van der Waals surface area contributed by atoms with Crippen LogP contribution >= 0.6 is 0 Å². The Morgan fingerprint density at radius 1 is 1.28 bits per heavy atom. The minimum absolute atomic E-state index is 0.0418. The van der Waals surface area contributed by atoms with Gasteiger partial charge in [-0.05, 0) is 36.6 Å². The van der Waals surface area contributed by atoms with E-state index in [4.69, 9.17) is 9.15 Å². The molecule has 2 aromatic heterocycles. The molecule has 0 aliphatic carbocycles. The van der Waals surface area contributed by atoms with E-state index in [0.717, 1.165) is 18.4 Å². The zero-order chi connectivity index (χ0) is 20.2. The number of oxazole rings is 1. The van der Waals surface area contributed by atoms with Gasteiger partial charge in [-0.15, -0.1) is 0 Å². The second-order valence-electron chi connectivity index (χ2n) is 7.15. The van der Waals surface area contributed by atoms with Crippen LogP contribution in [0.3, 0.4) is 0 Å². The quantitative estimate of drug-likeness (QED) is 0.657. The van der Waals surface area contributed by atoms with E-state index in [1.54, 1.807) is 24.4 Å². The van der Waals surface area contributed by atoms with Gasteiger partial charge in [0.25, 0.3) is 5.91 Å². The fourth-order valence-corrected chi connectivity index (χ4v) is 3.61. The molecule has 0 spiro atoms. The van der Waals surface area contributed by atoms with Crippen molar-refractivity contribution >= 4 is 5.91 Å². The van der Waals surface area contributed by atoms with Crippen LogP contribution in [-0.4, -0.2) is 41.0 Å². The number of piperidine rings is 1. The number of likely N-dealkylation sites (tertiary alicyclic amines) is 1. The average Bonchev–Trinajstić information content (AvgIpc) is 3.22. The number of ether oxygens (including phenoxy) is 1. The Labute approximate surface area is 168 Å². The van der Waals surface area contributed by atoms with Crippen molar-refractivity contribution in [2.75, 3.05) is 20.2 Å². The van der Waals surface area contributed by atoms with Crippen molar-refractivity contribution in [2.45, 2.75) is 25.2 Å². The first-order valence-electron chi connectivity index (χ1n) is 9.61. The maximum absolute atomic E-state index is 13.4. The molecule has 0 N–H and O–H groups in total. The van der Waals surface area contributed by atoms with Crippen molar-refractivity contribution in [3.05, 3.63) is 77.4 Å². The highest BCUT2D eigenvalue weighted by atomic mass is 19.1. The number of rotatable bonds is 5. The third-order valence-corrected chi connectivity index (χ3v) is 5.09. The van der Waals surface area contributed by atoms with Crippen molar-refractivity contribution in [1.29, 1.82) is 0 Å². The molecule has 1 aromatic carbocycles. The average molecular weight is 395 g/mol. The van der Waals surface area contributed by atoms with Crippen LogP contribution in [0.15, 0.2) is 53.2 Å².